The van der Waals surface area contributed by atoms with E-state index in [2.05, 4.69) is 36.7 Å². The summed E-state index contributed by atoms with van der Waals surface area (Å²) in [7, 11) is 0. The Morgan fingerprint density at radius 2 is 1.80 bits per heavy atom. The molecule has 0 aliphatic carbocycles. The van der Waals surface area contributed by atoms with Gasteiger partial charge in [0.15, 0.2) is 5.78 Å². The van der Waals surface area contributed by atoms with Crippen LogP contribution in [0.15, 0.2) is 24.3 Å². The van der Waals surface area contributed by atoms with E-state index >= 15 is 0 Å². The quantitative estimate of drug-likeness (QED) is 0.653. The first-order valence-corrected chi connectivity index (χ1v) is 7.50. The Morgan fingerprint density at radius 3 is 2.20 bits per heavy atom. The highest BCUT2D eigenvalue weighted by atomic mass is 79.9. The highest BCUT2D eigenvalue weighted by Crippen LogP contribution is 2.32. The molecule has 1 amide bonds. The number of alkyl halides is 1. The van der Waals surface area contributed by atoms with E-state index < -0.39 is 12.2 Å². The predicted molar refractivity (Wildman–Crippen MR) is 82.0 cm³/mol. The summed E-state index contributed by atoms with van der Waals surface area (Å²) in [6.45, 7) is 6.19. The molecule has 0 aromatic heterocycles. The van der Waals surface area contributed by atoms with E-state index in [0.29, 0.717) is 12.0 Å². The first-order chi connectivity index (χ1) is 9.23. The number of Topliss-reactive ketones (excluding diaryl/α,β-unsaturated/α-hetero) is 1. The third-order valence-electron chi connectivity index (χ3n) is 2.78. The maximum atomic E-state index is 11.5. The van der Waals surface area contributed by atoms with E-state index in [9.17, 15) is 9.59 Å². The summed E-state index contributed by atoms with van der Waals surface area (Å²) in [6, 6.07) is 7.07. The van der Waals surface area contributed by atoms with Crippen LogP contribution in [0.2, 0.25) is 0 Å². The van der Waals surface area contributed by atoms with Gasteiger partial charge in [-0.2, -0.15) is 0 Å². The molecule has 0 heterocycles. The molecule has 0 unspecified atom stereocenters. The van der Waals surface area contributed by atoms with Crippen LogP contribution in [0.3, 0.4) is 0 Å². The van der Waals surface area contributed by atoms with Crippen molar-refractivity contribution < 1.29 is 14.3 Å². The average Bonchev–Trinajstić information content (AvgIpc) is 2.35. The first kappa shape index (κ1) is 16.7. The number of benzene rings is 1. The highest BCUT2D eigenvalue weighted by molar-refractivity contribution is 9.09. The number of rotatable bonds is 5. The molecule has 5 heteroatoms. The van der Waals surface area contributed by atoms with Gasteiger partial charge in [-0.3, -0.25) is 4.79 Å². The zero-order valence-corrected chi connectivity index (χ0v) is 13.6. The SMILES string of the molecule is CC(C)(C)C[C@H](OC(N)=O)c1ccc(C(=O)CBr)cc1. The number of carbonyl (C=O) groups excluding carboxylic acids is 2. The molecule has 0 saturated heterocycles. The Kier molecular flexibility index (Phi) is 5.74. The number of hydrogen-bond donors (Lipinski definition) is 1. The van der Waals surface area contributed by atoms with E-state index in [1.165, 1.54) is 0 Å². The third kappa shape index (κ3) is 5.33. The molecule has 2 N–H and O–H groups in total. The number of ketones is 1. The van der Waals surface area contributed by atoms with E-state index in [0.717, 1.165) is 5.56 Å². The summed E-state index contributed by atoms with van der Waals surface area (Å²) >= 11 is 3.14. The van der Waals surface area contributed by atoms with Crippen LogP contribution in [0.1, 0.15) is 49.2 Å². The molecule has 1 aromatic rings. The molecule has 4 nitrogen and oxygen atoms in total. The van der Waals surface area contributed by atoms with E-state index in [1.807, 2.05) is 0 Å². The maximum absolute atomic E-state index is 11.5. The summed E-state index contributed by atoms with van der Waals surface area (Å²) in [6.07, 6.45) is -0.540. The second-order valence-electron chi connectivity index (χ2n) is 5.87. The molecule has 0 aliphatic heterocycles. The fourth-order valence-electron chi connectivity index (χ4n) is 1.88. The van der Waals surface area contributed by atoms with Gasteiger partial charge < -0.3 is 10.5 Å². The highest BCUT2D eigenvalue weighted by Gasteiger charge is 2.23. The molecular weight excluding hydrogens is 322 g/mol. The molecule has 1 rings (SSSR count). The largest absolute Gasteiger partial charge is 0.441 e. The summed E-state index contributed by atoms with van der Waals surface area (Å²) in [5.74, 6) is 0.0136. The van der Waals surface area contributed by atoms with E-state index in [1.54, 1.807) is 24.3 Å². The van der Waals surface area contributed by atoms with Gasteiger partial charge >= 0.3 is 6.09 Å². The zero-order chi connectivity index (χ0) is 15.3. The molecule has 1 aromatic carbocycles. The first-order valence-electron chi connectivity index (χ1n) is 6.38. The zero-order valence-electron chi connectivity index (χ0n) is 12.0. The van der Waals surface area contributed by atoms with Crippen LogP contribution in [0.25, 0.3) is 0 Å². The molecule has 20 heavy (non-hydrogen) atoms. The normalized spacial score (nSPS) is 12.8. The van der Waals surface area contributed by atoms with Gasteiger partial charge in [-0.1, -0.05) is 61.0 Å². The minimum absolute atomic E-state index is 0.00946. The van der Waals surface area contributed by atoms with Crippen LogP contribution < -0.4 is 5.73 Å². The van der Waals surface area contributed by atoms with Crippen molar-refractivity contribution in [3.63, 3.8) is 0 Å². The molecular formula is C15H20BrNO3. The van der Waals surface area contributed by atoms with Crippen molar-refractivity contribution in [2.24, 2.45) is 11.1 Å². The van der Waals surface area contributed by atoms with Gasteiger partial charge in [0.1, 0.15) is 6.10 Å². The lowest BCUT2D eigenvalue weighted by atomic mass is 9.86. The number of hydrogen-bond acceptors (Lipinski definition) is 3. The van der Waals surface area contributed by atoms with E-state index in [-0.39, 0.29) is 16.5 Å². The van der Waals surface area contributed by atoms with Crippen molar-refractivity contribution in [3.05, 3.63) is 35.4 Å². The summed E-state index contributed by atoms with van der Waals surface area (Å²) in [4.78, 5) is 22.6. The average molecular weight is 342 g/mol. The number of halogens is 1. The molecule has 0 saturated carbocycles. The van der Waals surface area contributed by atoms with Gasteiger partial charge in [0.25, 0.3) is 0 Å². The minimum atomic E-state index is -0.792. The van der Waals surface area contributed by atoms with Crippen LogP contribution in [-0.4, -0.2) is 17.2 Å². The Hall–Kier alpha value is -1.36. The smallest absolute Gasteiger partial charge is 0.405 e. The Balaban J connectivity index is 2.96. The topological polar surface area (TPSA) is 69.4 Å². The van der Waals surface area contributed by atoms with Gasteiger partial charge in [-0.15, -0.1) is 0 Å². The van der Waals surface area contributed by atoms with Crippen LogP contribution in [0.4, 0.5) is 4.79 Å². The van der Waals surface area contributed by atoms with Crippen molar-refractivity contribution in [2.45, 2.75) is 33.3 Å². The van der Waals surface area contributed by atoms with Crippen molar-refractivity contribution in [1.82, 2.24) is 0 Å². The van der Waals surface area contributed by atoms with Gasteiger partial charge in [-0.05, 0) is 17.4 Å². The van der Waals surface area contributed by atoms with Crippen molar-refractivity contribution in [3.8, 4) is 0 Å². The van der Waals surface area contributed by atoms with Crippen molar-refractivity contribution >= 4 is 27.8 Å². The fraction of sp³-hybridized carbons (Fsp3) is 0.467. The summed E-state index contributed by atoms with van der Waals surface area (Å²) in [5.41, 5.74) is 6.58. The summed E-state index contributed by atoms with van der Waals surface area (Å²) < 4.78 is 5.18. The van der Waals surface area contributed by atoms with Crippen LogP contribution in [0, 0.1) is 5.41 Å². The molecule has 0 fully saturated rings. The molecule has 0 aliphatic rings. The lowest BCUT2D eigenvalue weighted by molar-refractivity contribution is 0.0788. The Labute approximate surface area is 127 Å². The third-order valence-corrected chi connectivity index (χ3v) is 3.29. The second kappa shape index (κ2) is 6.88. The maximum Gasteiger partial charge on any atom is 0.405 e. The lowest BCUT2D eigenvalue weighted by Crippen LogP contribution is -2.21. The molecule has 110 valence electrons. The molecule has 0 bridgehead atoms. The lowest BCUT2D eigenvalue weighted by Gasteiger charge is -2.25. The molecule has 0 spiro atoms. The number of ether oxygens (including phenoxy) is 1. The van der Waals surface area contributed by atoms with Gasteiger partial charge in [0.2, 0.25) is 0 Å². The Bertz CT molecular complexity index is 477. The number of carbonyl (C=O) groups is 2. The monoisotopic (exact) mass is 341 g/mol. The van der Waals surface area contributed by atoms with Crippen LogP contribution in [0.5, 0.6) is 0 Å². The Morgan fingerprint density at radius 1 is 1.25 bits per heavy atom. The fourth-order valence-corrected chi connectivity index (χ4v) is 2.21. The van der Waals surface area contributed by atoms with E-state index in [4.69, 9.17) is 10.5 Å². The number of amides is 1. The number of nitrogens with two attached hydrogens (primary N) is 1. The van der Waals surface area contributed by atoms with Crippen molar-refractivity contribution in [2.75, 3.05) is 5.33 Å². The molecule has 1 atom stereocenters. The van der Waals surface area contributed by atoms with Crippen LogP contribution in [-0.2, 0) is 4.74 Å². The van der Waals surface area contributed by atoms with Gasteiger partial charge in [-0.25, -0.2) is 4.79 Å². The van der Waals surface area contributed by atoms with Gasteiger partial charge in [0, 0.05) is 5.56 Å². The second-order valence-corrected chi connectivity index (χ2v) is 6.43. The van der Waals surface area contributed by atoms with Gasteiger partial charge in [0.05, 0.1) is 5.33 Å². The van der Waals surface area contributed by atoms with Crippen LogP contribution >= 0.6 is 15.9 Å². The summed E-state index contributed by atoms with van der Waals surface area (Å²) in [5, 5.41) is 0.287. The standard InChI is InChI=1S/C15H20BrNO3/c1-15(2,3)8-13(20-14(17)19)11-6-4-10(5-7-11)12(18)9-16/h4-7,13H,8-9H2,1-3H3,(H2,17,19)/t13-/m0/s1. The predicted octanol–water partition coefficient (Wildman–Crippen LogP) is 3.84. The molecule has 0 radical (unpaired) electrons. The number of primary amides is 1. The van der Waals surface area contributed by atoms with Crippen molar-refractivity contribution in [1.29, 1.82) is 0 Å². The minimum Gasteiger partial charge on any atom is -0.441 e.